The number of esters is 1. The van der Waals surface area contributed by atoms with Gasteiger partial charge in [-0.1, -0.05) is 41.9 Å². The first kappa shape index (κ1) is 35.8. The summed E-state index contributed by atoms with van der Waals surface area (Å²) in [5.41, 5.74) is 1.03. The Labute approximate surface area is 273 Å². The van der Waals surface area contributed by atoms with Crippen LogP contribution in [0.5, 0.6) is 0 Å². The van der Waals surface area contributed by atoms with E-state index in [1.54, 1.807) is 13.8 Å². The molecule has 1 amide bonds. The molecule has 0 bridgehead atoms. The molecule has 5 N–H and O–H groups in total. The molecule has 2 fully saturated rings. The Morgan fingerprint density at radius 2 is 1.80 bits per heavy atom. The number of carbonyl (C=O) groups excluding carboxylic acids is 2. The number of amides is 1. The molecule has 46 heavy (non-hydrogen) atoms. The number of nitrogens with one attached hydrogen (secondary N) is 2. The minimum Gasteiger partial charge on any atom is -0.481 e. The number of hydrogen-bond donors (Lipinski definition) is 4. The van der Waals surface area contributed by atoms with Gasteiger partial charge in [-0.25, -0.2) is 26.7 Å². The highest BCUT2D eigenvalue weighted by molar-refractivity contribution is 7.90. The van der Waals surface area contributed by atoms with Crippen LogP contribution in [-0.4, -0.2) is 82.0 Å². The lowest BCUT2D eigenvalue weighted by atomic mass is 9.77. The van der Waals surface area contributed by atoms with Crippen LogP contribution in [-0.2, 0) is 45.6 Å². The van der Waals surface area contributed by atoms with Crippen molar-refractivity contribution in [1.82, 2.24) is 14.9 Å². The number of carboxylic acids is 1. The van der Waals surface area contributed by atoms with Crippen molar-refractivity contribution in [2.45, 2.75) is 79.9 Å². The molecule has 1 saturated carbocycles. The van der Waals surface area contributed by atoms with Gasteiger partial charge in [-0.05, 0) is 75.6 Å². The van der Waals surface area contributed by atoms with E-state index >= 15 is 0 Å². The number of likely N-dealkylation sites (tertiary alicyclic amines) is 1. The number of halogens is 1. The maximum absolute atomic E-state index is 13.7. The summed E-state index contributed by atoms with van der Waals surface area (Å²) < 4.78 is 57.9. The van der Waals surface area contributed by atoms with Gasteiger partial charge in [-0.15, -0.1) is 0 Å². The first-order chi connectivity index (χ1) is 21.6. The van der Waals surface area contributed by atoms with E-state index in [0.717, 1.165) is 23.8 Å². The van der Waals surface area contributed by atoms with E-state index in [2.05, 4.69) is 10.0 Å². The Hall–Kier alpha value is -3.08. The predicted octanol–water partition coefficient (Wildman–Crippen LogP) is 1.89. The van der Waals surface area contributed by atoms with Crippen LogP contribution in [0.1, 0.15) is 45.1 Å². The number of primary sulfonamides is 1. The summed E-state index contributed by atoms with van der Waals surface area (Å²) in [4.78, 5) is 39.4. The zero-order chi connectivity index (χ0) is 33.8. The molecule has 13 nitrogen and oxygen atoms in total. The van der Waals surface area contributed by atoms with Gasteiger partial charge in [0.05, 0.1) is 28.5 Å². The predicted molar refractivity (Wildman–Crippen MR) is 169 cm³/mol. The number of carboxylic acid groups (broad SMARTS) is 1. The molecule has 0 aromatic heterocycles. The molecule has 1 heterocycles. The summed E-state index contributed by atoms with van der Waals surface area (Å²) in [7, 11) is -8.52. The first-order valence-electron chi connectivity index (χ1n) is 15.0. The maximum atomic E-state index is 13.7. The van der Waals surface area contributed by atoms with Gasteiger partial charge in [-0.3, -0.25) is 19.7 Å². The fourth-order valence-electron chi connectivity index (χ4n) is 6.36. The Morgan fingerprint density at radius 3 is 2.43 bits per heavy atom. The van der Waals surface area contributed by atoms with Crippen LogP contribution in [0, 0.1) is 11.8 Å². The standard InChI is InChI=1S/C30H39ClN4O9S2/c1-3-44-30(39)25(13-9-19-7-5-4-6-8-19)33-18(2)28(36)35-17-23(29(37)38)22-15-20(10-14-26(22)35)34-46(42,43)21-11-12-24(31)27(16-21)45(32,40)41/h4-8,11-12,16,18,20,22-23,25-26,33-34H,3,9-10,13-15,17H2,1-2H3,(H,37,38)(H2,32,40,41)/t18-,20?,22?,23?,25?,26?/m0/s1. The van der Waals surface area contributed by atoms with Crippen molar-refractivity contribution in [3.63, 3.8) is 0 Å². The molecule has 4 rings (SSSR count). The number of hydrogen-bond acceptors (Lipinski definition) is 9. The molecule has 1 aliphatic carbocycles. The van der Waals surface area contributed by atoms with Gasteiger partial charge >= 0.3 is 11.9 Å². The van der Waals surface area contributed by atoms with Crippen LogP contribution in [0.15, 0.2) is 58.3 Å². The smallest absolute Gasteiger partial charge is 0.323 e. The fourth-order valence-corrected chi connectivity index (χ4v) is 8.81. The molecular weight excluding hydrogens is 660 g/mol. The summed E-state index contributed by atoms with van der Waals surface area (Å²) in [6.45, 7) is 3.45. The number of sulfonamides is 2. The quantitative estimate of drug-likeness (QED) is 0.224. The highest BCUT2D eigenvalue weighted by atomic mass is 35.5. The van der Waals surface area contributed by atoms with Crippen LogP contribution >= 0.6 is 11.6 Å². The van der Waals surface area contributed by atoms with Gasteiger partial charge in [0, 0.05) is 18.6 Å². The third kappa shape index (κ3) is 8.44. The average molecular weight is 699 g/mol. The third-order valence-corrected chi connectivity index (χ3v) is 11.5. The number of rotatable bonds is 13. The van der Waals surface area contributed by atoms with Crippen LogP contribution in [0.4, 0.5) is 0 Å². The minimum atomic E-state index is -4.29. The number of benzene rings is 2. The molecule has 0 spiro atoms. The molecule has 16 heteroatoms. The molecule has 0 radical (unpaired) electrons. The maximum Gasteiger partial charge on any atom is 0.323 e. The van der Waals surface area contributed by atoms with Crippen LogP contribution in [0.25, 0.3) is 0 Å². The number of carbonyl (C=O) groups is 3. The molecule has 1 saturated heterocycles. The van der Waals surface area contributed by atoms with Crippen molar-refractivity contribution >= 4 is 49.5 Å². The van der Waals surface area contributed by atoms with Gasteiger partial charge < -0.3 is 14.7 Å². The fraction of sp³-hybridized carbons (Fsp3) is 0.500. The zero-order valence-electron chi connectivity index (χ0n) is 25.5. The van der Waals surface area contributed by atoms with E-state index in [-0.39, 0.29) is 35.4 Å². The van der Waals surface area contributed by atoms with Crippen molar-refractivity contribution in [1.29, 1.82) is 0 Å². The first-order valence-corrected chi connectivity index (χ1v) is 18.4. The van der Waals surface area contributed by atoms with Crippen molar-refractivity contribution in [3.8, 4) is 0 Å². The van der Waals surface area contributed by atoms with Crippen molar-refractivity contribution in [2.75, 3.05) is 13.2 Å². The molecule has 2 aromatic carbocycles. The Kier molecular flexibility index (Phi) is 11.5. The third-order valence-electron chi connectivity index (χ3n) is 8.57. The van der Waals surface area contributed by atoms with E-state index in [9.17, 15) is 36.3 Å². The number of aryl methyl sites for hydroxylation is 1. The average Bonchev–Trinajstić information content (AvgIpc) is 3.37. The number of aliphatic carboxylic acids is 1. The number of nitrogens with two attached hydrogens (primary N) is 1. The van der Waals surface area contributed by atoms with Crippen LogP contribution in [0.3, 0.4) is 0 Å². The van der Waals surface area contributed by atoms with E-state index in [4.69, 9.17) is 21.5 Å². The summed E-state index contributed by atoms with van der Waals surface area (Å²) in [6.07, 6.45) is 1.74. The monoisotopic (exact) mass is 698 g/mol. The zero-order valence-corrected chi connectivity index (χ0v) is 27.9. The van der Waals surface area contributed by atoms with Gasteiger partial charge in [0.2, 0.25) is 26.0 Å². The van der Waals surface area contributed by atoms with Crippen LogP contribution < -0.4 is 15.2 Å². The molecule has 5 unspecified atom stereocenters. The minimum absolute atomic E-state index is 0.0576. The topological polar surface area (TPSA) is 202 Å². The Balaban J connectivity index is 1.46. The second-order valence-electron chi connectivity index (χ2n) is 11.7. The van der Waals surface area contributed by atoms with E-state index in [0.29, 0.717) is 25.7 Å². The van der Waals surface area contributed by atoms with E-state index < -0.39 is 72.9 Å². The van der Waals surface area contributed by atoms with Crippen molar-refractivity contribution in [2.24, 2.45) is 17.0 Å². The molecular formula is C30H39ClN4O9S2. The summed E-state index contributed by atoms with van der Waals surface area (Å²) in [5, 5.41) is 18.1. The van der Waals surface area contributed by atoms with Crippen molar-refractivity contribution < 1.29 is 41.1 Å². The summed E-state index contributed by atoms with van der Waals surface area (Å²) in [6, 6.07) is 10.0. The second-order valence-corrected chi connectivity index (χ2v) is 15.3. The lowest BCUT2D eigenvalue weighted by molar-refractivity contribution is -0.146. The normalized spacial score (nSPS) is 22.9. The number of ether oxygens (including phenoxy) is 1. The van der Waals surface area contributed by atoms with E-state index in [1.807, 2.05) is 30.3 Å². The summed E-state index contributed by atoms with van der Waals surface area (Å²) in [5.74, 6) is -3.41. The van der Waals surface area contributed by atoms with Gasteiger partial charge in [0.25, 0.3) is 0 Å². The molecule has 2 aromatic rings. The molecule has 6 atom stereocenters. The van der Waals surface area contributed by atoms with Gasteiger partial charge in [0.15, 0.2) is 0 Å². The molecule has 1 aliphatic heterocycles. The number of fused-ring (bicyclic) bond motifs is 1. The lowest BCUT2D eigenvalue weighted by Gasteiger charge is -2.37. The van der Waals surface area contributed by atoms with Gasteiger partial charge in [-0.2, -0.15) is 0 Å². The van der Waals surface area contributed by atoms with Crippen LogP contribution in [0.2, 0.25) is 5.02 Å². The largest absolute Gasteiger partial charge is 0.481 e. The van der Waals surface area contributed by atoms with E-state index in [1.165, 1.54) is 4.90 Å². The number of nitrogens with zero attached hydrogens (tertiary/aromatic N) is 1. The Morgan fingerprint density at radius 1 is 1.11 bits per heavy atom. The molecule has 2 aliphatic rings. The summed E-state index contributed by atoms with van der Waals surface area (Å²) >= 11 is 5.90. The lowest BCUT2D eigenvalue weighted by Crippen LogP contribution is -2.53. The highest BCUT2D eigenvalue weighted by Gasteiger charge is 2.50. The SMILES string of the molecule is CCOC(=O)C(CCc1ccccc1)N[C@@H](C)C(=O)N1CC(C(=O)O)C2CC(NS(=O)(=O)c3ccc(Cl)c(S(N)(=O)=O)c3)CCC21. The van der Waals surface area contributed by atoms with Gasteiger partial charge in [0.1, 0.15) is 10.9 Å². The Bertz CT molecular complexity index is 1660. The second kappa shape index (κ2) is 14.8. The highest BCUT2D eigenvalue weighted by Crippen LogP contribution is 2.41. The van der Waals surface area contributed by atoms with Crippen molar-refractivity contribution in [3.05, 3.63) is 59.1 Å². The molecule has 252 valence electrons.